The number of rotatable bonds is 40. The number of phosphoric ester groups is 1. The molecule has 3 atom stereocenters. The van der Waals surface area contributed by atoms with Crippen LogP contribution in [0.15, 0.2) is 48.6 Å². The molecule has 0 heterocycles. The van der Waals surface area contributed by atoms with Gasteiger partial charge in [-0.25, -0.2) is 4.57 Å². The molecule has 310 valence electrons. The van der Waals surface area contributed by atoms with Crippen LogP contribution in [0.2, 0.25) is 0 Å². The van der Waals surface area contributed by atoms with Crippen molar-refractivity contribution in [2.45, 2.75) is 187 Å². The number of esters is 1. The molecule has 0 aliphatic heterocycles. The van der Waals surface area contributed by atoms with Gasteiger partial charge in [-0.05, 0) is 51.4 Å². The minimum Gasteiger partial charge on any atom is -0.457 e. The summed E-state index contributed by atoms with van der Waals surface area (Å²) in [7, 11) is -4.51. The molecule has 0 aliphatic rings. The number of hydrogen-bond donors (Lipinski definition) is 3. The number of aliphatic hydroxyl groups excluding tert-OH is 2. The SMILES string of the molecule is CC/C=C\C/C=C\C/C=C\C/C=C\CCCCCCCCCCC(=O)OC(COCCCCCCCCCCCCC)COP(=O)(O)OCC(O)CO. The van der Waals surface area contributed by atoms with Crippen LogP contribution in [0.3, 0.4) is 0 Å². The van der Waals surface area contributed by atoms with Gasteiger partial charge in [-0.3, -0.25) is 13.8 Å². The molecule has 10 heteroatoms. The minimum atomic E-state index is -4.51. The summed E-state index contributed by atoms with van der Waals surface area (Å²) in [5.74, 6) is -0.392. The molecule has 0 spiro atoms. The van der Waals surface area contributed by atoms with Crippen LogP contribution in [0.1, 0.15) is 174 Å². The first kappa shape index (κ1) is 51.4. The second kappa shape index (κ2) is 40.1. The second-order valence-corrected chi connectivity index (χ2v) is 15.4. The van der Waals surface area contributed by atoms with E-state index in [0.717, 1.165) is 77.0 Å². The molecule has 0 radical (unpaired) electrons. The van der Waals surface area contributed by atoms with Crippen molar-refractivity contribution in [3.63, 3.8) is 0 Å². The van der Waals surface area contributed by atoms with Gasteiger partial charge < -0.3 is 24.6 Å². The van der Waals surface area contributed by atoms with E-state index in [4.69, 9.17) is 23.6 Å². The van der Waals surface area contributed by atoms with Crippen LogP contribution in [-0.2, 0) is 27.9 Å². The fourth-order valence-electron chi connectivity index (χ4n) is 5.58. The number of ether oxygens (including phenoxy) is 2. The molecule has 0 aromatic rings. The van der Waals surface area contributed by atoms with Gasteiger partial charge >= 0.3 is 13.8 Å². The van der Waals surface area contributed by atoms with Crippen LogP contribution in [0.25, 0.3) is 0 Å². The third kappa shape index (κ3) is 39.9. The van der Waals surface area contributed by atoms with Crippen molar-refractivity contribution >= 4 is 13.8 Å². The lowest BCUT2D eigenvalue weighted by Gasteiger charge is -2.20. The van der Waals surface area contributed by atoms with Crippen molar-refractivity contribution in [1.29, 1.82) is 0 Å². The summed E-state index contributed by atoms with van der Waals surface area (Å²) < 4.78 is 33.3. The van der Waals surface area contributed by atoms with Crippen LogP contribution in [0.5, 0.6) is 0 Å². The van der Waals surface area contributed by atoms with Crippen molar-refractivity contribution in [3.05, 3.63) is 48.6 Å². The Bertz CT molecular complexity index is 965. The molecule has 9 nitrogen and oxygen atoms in total. The zero-order valence-electron chi connectivity index (χ0n) is 33.7. The Kier molecular flexibility index (Phi) is 38.9. The molecule has 53 heavy (non-hydrogen) atoms. The second-order valence-electron chi connectivity index (χ2n) is 14.0. The van der Waals surface area contributed by atoms with Gasteiger partial charge in [-0.1, -0.05) is 165 Å². The molecule has 0 saturated carbocycles. The van der Waals surface area contributed by atoms with Crippen LogP contribution in [0.4, 0.5) is 0 Å². The number of allylic oxidation sites excluding steroid dienone is 8. The normalized spacial score (nSPS) is 14.6. The number of hydrogen-bond acceptors (Lipinski definition) is 8. The van der Waals surface area contributed by atoms with E-state index in [0.29, 0.717) is 6.61 Å². The lowest BCUT2D eigenvalue weighted by atomic mass is 10.1. The molecule has 0 aromatic heterocycles. The van der Waals surface area contributed by atoms with Crippen molar-refractivity contribution < 1.29 is 43.0 Å². The topological polar surface area (TPSA) is 132 Å². The van der Waals surface area contributed by atoms with Gasteiger partial charge in [0, 0.05) is 13.0 Å². The van der Waals surface area contributed by atoms with E-state index in [2.05, 4.69) is 62.5 Å². The summed E-state index contributed by atoms with van der Waals surface area (Å²) in [5.41, 5.74) is 0. The monoisotopic (exact) mass is 771 g/mol. The Hall–Kier alpha value is -1.58. The van der Waals surface area contributed by atoms with E-state index in [-0.39, 0.29) is 19.6 Å². The first-order valence-electron chi connectivity index (χ1n) is 21.1. The molecule has 0 aliphatic carbocycles. The van der Waals surface area contributed by atoms with E-state index in [9.17, 15) is 19.4 Å². The van der Waals surface area contributed by atoms with E-state index < -0.39 is 39.2 Å². The lowest BCUT2D eigenvalue weighted by molar-refractivity contribution is -0.154. The Labute approximate surface area is 324 Å². The summed E-state index contributed by atoms with van der Waals surface area (Å²) in [4.78, 5) is 22.5. The molecular formula is C43H79O9P. The molecule has 0 bridgehead atoms. The van der Waals surface area contributed by atoms with Gasteiger partial charge in [0.15, 0.2) is 0 Å². The number of aliphatic hydroxyl groups is 2. The highest BCUT2D eigenvalue weighted by atomic mass is 31.2. The van der Waals surface area contributed by atoms with Gasteiger partial charge in [0.1, 0.15) is 12.2 Å². The largest absolute Gasteiger partial charge is 0.472 e. The number of carbonyl (C=O) groups excluding carboxylic acids is 1. The summed E-state index contributed by atoms with van der Waals surface area (Å²) in [5, 5.41) is 18.3. The van der Waals surface area contributed by atoms with Crippen molar-refractivity contribution in [3.8, 4) is 0 Å². The lowest BCUT2D eigenvalue weighted by Crippen LogP contribution is -2.29. The zero-order valence-corrected chi connectivity index (χ0v) is 34.6. The summed E-state index contributed by atoms with van der Waals surface area (Å²) in [6.45, 7) is 3.39. The van der Waals surface area contributed by atoms with Gasteiger partial charge in [0.05, 0.1) is 26.4 Å². The predicted molar refractivity (Wildman–Crippen MR) is 219 cm³/mol. The van der Waals surface area contributed by atoms with Crippen LogP contribution >= 0.6 is 7.82 Å². The third-order valence-electron chi connectivity index (χ3n) is 8.78. The maximum absolute atomic E-state index is 12.6. The van der Waals surface area contributed by atoms with E-state index in [1.807, 2.05) is 0 Å². The summed E-state index contributed by atoms with van der Waals surface area (Å²) in [6.07, 6.45) is 43.5. The van der Waals surface area contributed by atoms with E-state index in [1.54, 1.807) is 0 Å². The average molecular weight is 771 g/mol. The van der Waals surface area contributed by atoms with E-state index >= 15 is 0 Å². The Morgan fingerprint density at radius 2 is 1.08 bits per heavy atom. The van der Waals surface area contributed by atoms with Gasteiger partial charge in [-0.15, -0.1) is 0 Å². The summed E-state index contributed by atoms with van der Waals surface area (Å²) in [6, 6.07) is 0. The average Bonchev–Trinajstić information content (AvgIpc) is 3.15. The van der Waals surface area contributed by atoms with Gasteiger partial charge in [0.2, 0.25) is 0 Å². The Balaban J connectivity index is 4.15. The highest BCUT2D eigenvalue weighted by molar-refractivity contribution is 7.47. The van der Waals surface area contributed by atoms with Crippen LogP contribution in [-0.4, -0.2) is 66.3 Å². The van der Waals surface area contributed by atoms with Crippen molar-refractivity contribution in [1.82, 2.24) is 0 Å². The fourth-order valence-corrected chi connectivity index (χ4v) is 6.37. The highest BCUT2D eigenvalue weighted by Gasteiger charge is 2.26. The third-order valence-corrected chi connectivity index (χ3v) is 9.73. The number of unbranched alkanes of at least 4 members (excludes halogenated alkanes) is 18. The predicted octanol–water partition coefficient (Wildman–Crippen LogP) is 11.4. The Morgan fingerprint density at radius 1 is 0.604 bits per heavy atom. The molecule has 0 rings (SSSR count). The molecule has 3 unspecified atom stereocenters. The van der Waals surface area contributed by atoms with Gasteiger partial charge in [0.25, 0.3) is 0 Å². The molecule has 0 saturated heterocycles. The quantitative estimate of drug-likeness (QED) is 0.0241. The number of carbonyl (C=O) groups is 1. The summed E-state index contributed by atoms with van der Waals surface area (Å²) >= 11 is 0. The minimum absolute atomic E-state index is 0.0467. The Morgan fingerprint density at radius 3 is 1.62 bits per heavy atom. The maximum atomic E-state index is 12.6. The van der Waals surface area contributed by atoms with Crippen molar-refractivity contribution in [2.75, 3.05) is 33.0 Å². The van der Waals surface area contributed by atoms with Crippen LogP contribution in [0, 0.1) is 0 Å². The van der Waals surface area contributed by atoms with Gasteiger partial charge in [-0.2, -0.15) is 0 Å². The molecule has 0 aromatic carbocycles. The molecule has 3 N–H and O–H groups in total. The molecular weight excluding hydrogens is 691 g/mol. The zero-order chi connectivity index (χ0) is 38.9. The van der Waals surface area contributed by atoms with E-state index in [1.165, 1.54) is 77.0 Å². The first-order valence-corrected chi connectivity index (χ1v) is 22.6. The maximum Gasteiger partial charge on any atom is 0.472 e. The number of phosphoric acid groups is 1. The van der Waals surface area contributed by atoms with Crippen molar-refractivity contribution in [2.24, 2.45) is 0 Å². The molecule has 0 amide bonds. The molecule has 0 fully saturated rings. The highest BCUT2D eigenvalue weighted by Crippen LogP contribution is 2.43. The standard InChI is InChI=1S/C43H79O9P/c1-3-5-7-9-11-13-15-16-17-18-19-20-21-22-23-24-25-27-29-31-33-35-43(46)52-42(40-51-53(47,48)50-38-41(45)37-44)39-49-36-34-32-30-28-26-14-12-10-8-6-4-2/h5,7,11,13,16-17,19-20,41-42,44-45H,3-4,6,8-10,12,14-15,18,21-40H2,1-2H3,(H,47,48)/b7-5-,13-11-,17-16-,20-19-. The first-order chi connectivity index (χ1) is 25.8. The fraction of sp³-hybridized carbons (Fsp3) is 0.791. The van der Waals surface area contributed by atoms with Crippen LogP contribution < -0.4 is 0 Å². The smallest absolute Gasteiger partial charge is 0.457 e.